The van der Waals surface area contributed by atoms with Crippen molar-refractivity contribution in [3.05, 3.63) is 0 Å². The molecule has 9 heteroatoms. The number of hydrogen-bond acceptors (Lipinski definition) is 5. The molecule has 0 aliphatic carbocycles. The number of amides is 1. The molecule has 0 aromatic rings. The molecule has 1 atom stereocenters. The Labute approximate surface area is 138 Å². The number of likely N-dealkylation sites (N-methyl/N-ethyl adjacent to an activating group) is 2. The molecule has 134 valence electrons. The zero-order chi connectivity index (χ0) is 17.5. The largest absolute Gasteiger partial charge is 0.466 e. The second-order valence-electron chi connectivity index (χ2n) is 5.34. The number of nitrogens with one attached hydrogen (secondary N) is 1. The Kier molecular flexibility index (Phi) is 7.93. The van der Waals surface area contributed by atoms with E-state index in [-0.39, 0.29) is 38.1 Å². The third kappa shape index (κ3) is 5.43. The minimum absolute atomic E-state index is 0.104. The van der Waals surface area contributed by atoms with E-state index in [1.165, 1.54) is 4.31 Å². The van der Waals surface area contributed by atoms with Crippen LogP contribution in [0.2, 0.25) is 0 Å². The van der Waals surface area contributed by atoms with Gasteiger partial charge in [0.25, 0.3) is 10.2 Å². The van der Waals surface area contributed by atoms with Gasteiger partial charge in [0, 0.05) is 26.2 Å². The van der Waals surface area contributed by atoms with Crippen LogP contribution in [0.5, 0.6) is 0 Å². The van der Waals surface area contributed by atoms with Crippen LogP contribution in [0, 0.1) is 5.92 Å². The summed E-state index contributed by atoms with van der Waals surface area (Å²) in [6.45, 7) is 6.34. The second-order valence-corrected chi connectivity index (χ2v) is 7.27. The molecule has 1 heterocycles. The highest BCUT2D eigenvalue weighted by Gasteiger charge is 2.36. The monoisotopic (exact) mass is 349 g/mol. The van der Waals surface area contributed by atoms with Gasteiger partial charge < -0.3 is 10.1 Å². The first-order valence-electron chi connectivity index (χ1n) is 8.05. The summed E-state index contributed by atoms with van der Waals surface area (Å²) in [4.78, 5) is 23.5. The first kappa shape index (κ1) is 19.9. The van der Waals surface area contributed by atoms with E-state index in [2.05, 4.69) is 5.32 Å². The predicted molar refractivity (Wildman–Crippen MR) is 85.8 cm³/mol. The van der Waals surface area contributed by atoms with Gasteiger partial charge in [-0.15, -0.1) is 0 Å². The van der Waals surface area contributed by atoms with Crippen LogP contribution >= 0.6 is 0 Å². The van der Waals surface area contributed by atoms with Gasteiger partial charge in [-0.3, -0.25) is 9.59 Å². The fraction of sp³-hybridized carbons (Fsp3) is 0.857. The molecular formula is C14H27N3O5S. The fourth-order valence-corrected chi connectivity index (χ4v) is 4.20. The Morgan fingerprint density at radius 2 is 2.00 bits per heavy atom. The van der Waals surface area contributed by atoms with Crippen molar-refractivity contribution in [3.8, 4) is 0 Å². The molecule has 0 saturated carbocycles. The third-order valence-electron chi connectivity index (χ3n) is 3.70. The number of nitrogens with zero attached hydrogens (tertiary/aromatic N) is 2. The molecule has 0 unspecified atom stereocenters. The summed E-state index contributed by atoms with van der Waals surface area (Å²) in [5.74, 6) is -1.14. The third-order valence-corrected chi connectivity index (χ3v) is 5.73. The summed E-state index contributed by atoms with van der Waals surface area (Å²) in [5, 5.41) is 2.59. The quantitative estimate of drug-likeness (QED) is 0.621. The van der Waals surface area contributed by atoms with Crippen LogP contribution in [0.1, 0.15) is 33.6 Å². The van der Waals surface area contributed by atoms with Crippen LogP contribution in [0.25, 0.3) is 0 Å². The van der Waals surface area contributed by atoms with E-state index in [0.717, 1.165) is 4.31 Å². The zero-order valence-electron chi connectivity index (χ0n) is 14.1. The smallest absolute Gasteiger partial charge is 0.310 e. The highest BCUT2D eigenvalue weighted by Crippen LogP contribution is 2.22. The molecule has 1 aliphatic rings. The molecule has 0 radical (unpaired) electrons. The molecule has 0 aromatic carbocycles. The SMILES string of the molecule is CCNC(=O)CN(CC)S(=O)(=O)N1CCC[C@@H](C(=O)OCC)C1. The molecule has 1 N–H and O–H groups in total. The summed E-state index contributed by atoms with van der Waals surface area (Å²) in [6.07, 6.45) is 1.22. The van der Waals surface area contributed by atoms with Gasteiger partial charge >= 0.3 is 5.97 Å². The lowest BCUT2D eigenvalue weighted by Gasteiger charge is -2.34. The number of esters is 1. The van der Waals surface area contributed by atoms with Gasteiger partial charge in [0.1, 0.15) is 0 Å². The molecule has 1 saturated heterocycles. The Bertz CT molecular complexity index is 509. The van der Waals surface area contributed by atoms with Crippen molar-refractivity contribution in [2.24, 2.45) is 5.92 Å². The first-order chi connectivity index (χ1) is 10.9. The lowest BCUT2D eigenvalue weighted by atomic mass is 10.0. The maximum atomic E-state index is 12.7. The zero-order valence-corrected chi connectivity index (χ0v) is 14.9. The van der Waals surface area contributed by atoms with E-state index in [4.69, 9.17) is 4.74 Å². The van der Waals surface area contributed by atoms with Crippen LogP contribution in [0.4, 0.5) is 0 Å². The van der Waals surface area contributed by atoms with Crippen LogP contribution in [0.15, 0.2) is 0 Å². The summed E-state index contributed by atoms with van der Waals surface area (Å²) >= 11 is 0. The molecule has 8 nitrogen and oxygen atoms in total. The van der Waals surface area contributed by atoms with Crippen LogP contribution < -0.4 is 5.32 Å². The average Bonchev–Trinajstić information content (AvgIpc) is 2.53. The van der Waals surface area contributed by atoms with Gasteiger partial charge in [0.15, 0.2) is 0 Å². The minimum Gasteiger partial charge on any atom is -0.466 e. The lowest BCUT2D eigenvalue weighted by molar-refractivity contribution is -0.149. The molecule has 23 heavy (non-hydrogen) atoms. The van der Waals surface area contributed by atoms with Crippen LogP contribution in [0.3, 0.4) is 0 Å². The molecule has 1 fully saturated rings. The number of rotatable bonds is 8. The molecule has 0 bridgehead atoms. The van der Waals surface area contributed by atoms with Crippen molar-refractivity contribution in [1.29, 1.82) is 0 Å². The number of carbonyl (C=O) groups excluding carboxylic acids is 2. The normalized spacial score (nSPS) is 19.6. The summed E-state index contributed by atoms with van der Waals surface area (Å²) in [7, 11) is -3.77. The number of piperidine rings is 1. The van der Waals surface area contributed by atoms with E-state index in [1.54, 1.807) is 20.8 Å². The van der Waals surface area contributed by atoms with Crippen molar-refractivity contribution in [2.45, 2.75) is 33.6 Å². The molecular weight excluding hydrogens is 322 g/mol. The maximum Gasteiger partial charge on any atom is 0.310 e. The van der Waals surface area contributed by atoms with Crippen LogP contribution in [-0.2, 0) is 24.5 Å². The van der Waals surface area contributed by atoms with Crippen molar-refractivity contribution in [1.82, 2.24) is 13.9 Å². The van der Waals surface area contributed by atoms with Gasteiger partial charge in [-0.05, 0) is 26.7 Å². The van der Waals surface area contributed by atoms with E-state index in [1.807, 2.05) is 0 Å². The molecule has 0 aromatic heterocycles. The van der Waals surface area contributed by atoms with Crippen molar-refractivity contribution in [3.63, 3.8) is 0 Å². The van der Waals surface area contributed by atoms with Gasteiger partial charge in [0.2, 0.25) is 5.91 Å². The van der Waals surface area contributed by atoms with Crippen LogP contribution in [-0.4, -0.2) is 68.2 Å². The Hall–Kier alpha value is -1.19. The molecule has 0 spiro atoms. The lowest BCUT2D eigenvalue weighted by Crippen LogP contribution is -2.51. The summed E-state index contributed by atoms with van der Waals surface area (Å²) < 4.78 is 32.8. The fourth-order valence-electron chi connectivity index (χ4n) is 2.54. The van der Waals surface area contributed by atoms with Crippen molar-refractivity contribution >= 4 is 22.1 Å². The molecule has 1 rings (SSSR count). The van der Waals surface area contributed by atoms with Gasteiger partial charge in [-0.2, -0.15) is 17.0 Å². The first-order valence-corrected chi connectivity index (χ1v) is 9.45. The predicted octanol–water partition coefficient (Wildman–Crippen LogP) is -0.0357. The summed E-state index contributed by atoms with van der Waals surface area (Å²) in [6, 6.07) is 0. The maximum absolute atomic E-state index is 12.7. The Morgan fingerprint density at radius 3 is 2.57 bits per heavy atom. The van der Waals surface area contributed by atoms with Crippen molar-refractivity contribution in [2.75, 3.05) is 39.3 Å². The van der Waals surface area contributed by atoms with Gasteiger partial charge in [-0.1, -0.05) is 6.92 Å². The Balaban J connectivity index is 2.80. The van der Waals surface area contributed by atoms with E-state index in [0.29, 0.717) is 25.9 Å². The average molecular weight is 349 g/mol. The van der Waals surface area contributed by atoms with E-state index >= 15 is 0 Å². The topological polar surface area (TPSA) is 96.0 Å². The second kappa shape index (κ2) is 9.19. The highest BCUT2D eigenvalue weighted by atomic mass is 32.2. The standard InChI is InChI=1S/C14H27N3O5S/c1-4-15-13(18)11-16(5-2)23(20,21)17-9-7-8-12(10-17)14(19)22-6-3/h12H,4-11H2,1-3H3,(H,15,18)/t12-/m1/s1. The number of carbonyl (C=O) groups is 2. The van der Waals surface area contributed by atoms with Crippen molar-refractivity contribution < 1.29 is 22.7 Å². The number of ether oxygens (including phenoxy) is 1. The highest BCUT2D eigenvalue weighted by molar-refractivity contribution is 7.86. The minimum atomic E-state index is -3.77. The number of hydrogen-bond donors (Lipinski definition) is 1. The van der Waals surface area contributed by atoms with Gasteiger partial charge in [0.05, 0.1) is 19.1 Å². The molecule has 1 aliphatic heterocycles. The van der Waals surface area contributed by atoms with E-state index in [9.17, 15) is 18.0 Å². The summed E-state index contributed by atoms with van der Waals surface area (Å²) in [5.41, 5.74) is 0. The molecule has 1 amide bonds. The van der Waals surface area contributed by atoms with Gasteiger partial charge in [-0.25, -0.2) is 0 Å². The van der Waals surface area contributed by atoms with E-state index < -0.39 is 16.1 Å². The Morgan fingerprint density at radius 1 is 1.30 bits per heavy atom.